The van der Waals surface area contributed by atoms with Crippen molar-refractivity contribution in [3.05, 3.63) is 77.3 Å². The molecule has 4 rings (SSSR count). The van der Waals surface area contributed by atoms with E-state index in [-0.39, 0.29) is 18.4 Å². The summed E-state index contributed by atoms with van der Waals surface area (Å²) < 4.78 is 16.1. The van der Waals surface area contributed by atoms with Gasteiger partial charge in [0.1, 0.15) is 29.8 Å². The summed E-state index contributed by atoms with van der Waals surface area (Å²) >= 11 is 6.05. The molecule has 170 valence electrons. The average molecular weight is 467 g/mol. The second kappa shape index (κ2) is 9.42. The summed E-state index contributed by atoms with van der Waals surface area (Å²) in [7, 11) is 4.63. The van der Waals surface area contributed by atoms with Crippen LogP contribution in [0.25, 0.3) is 0 Å². The molecular formula is C25H23ClN2O5. The van der Waals surface area contributed by atoms with E-state index >= 15 is 0 Å². The van der Waals surface area contributed by atoms with E-state index in [2.05, 4.69) is 0 Å². The zero-order valence-corrected chi connectivity index (χ0v) is 19.2. The first-order valence-corrected chi connectivity index (χ1v) is 10.6. The van der Waals surface area contributed by atoms with Crippen LogP contribution in [0.4, 0.5) is 11.4 Å². The number of methoxy groups -OCH3 is 3. The van der Waals surface area contributed by atoms with E-state index in [1.54, 1.807) is 73.8 Å². The number of anilines is 2. The summed E-state index contributed by atoms with van der Waals surface area (Å²) in [6.07, 6.45) is 0. The van der Waals surface area contributed by atoms with Crippen LogP contribution in [0.5, 0.6) is 17.2 Å². The standard InChI is InChI=1S/C25H23ClN2O5/c1-31-19-10-4-16(5-11-19)24-25(30)27(21-14-20(32-2)12-13-22(21)33-3)15-23(29)28(24)18-8-6-17(26)7-9-18/h4-14,24H,15H2,1-3H3/t24-/m1/s1. The van der Waals surface area contributed by atoms with Crippen LogP contribution >= 0.6 is 11.6 Å². The lowest BCUT2D eigenvalue weighted by Gasteiger charge is -2.40. The van der Waals surface area contributed by atoms with Crippen molar-refractivity contribution in [2.45, 2.75) is 6.04 Å². The summed E-state index contributed by atoms with van der Waals surface area (Å²) in [4.78, 5) is 30.3. The number of rotatable bonds is 6. The Kier molecular flexibility index (Phi) is 6.42. The number of amides is 2. The van der Waals surface area contributed by atoms with Gasteiger partial charge in [-0.25, -0.2) is 0 Å². The molecule has 0 aromatic heterocycles. The first-order chi connectivity index (χ1) is 16.0. The van der Waals surface area contributed by atoms with Crippen LogP contribution in [0.2, 0.25) is 5.02 Å². The average Bonchev–Trinajstić information content (AvgIpc) is 2.85. The highest BCUT2D eigenvalue weighted by atomic mass is 35.5. The molecule has 0 saturated carbocycles. The molecule has 2 amide bonds. The third-order valence-corrected chi connectivity index (χ3v) is 5.79. The highest BCUT2D eigenvalue weighted by Gasteiger charge is 2.42. The molecule has 3 aromatic rings. The first-order valence-electron chi connectivity index (χ1n) is 10.2. The number of piperazine rings is 1. The van der Waals surface area contributed by atoms with Gasteiger partial charge in [0.15, 0.2) is 0 Å². The Bertz CT molecular complexity index is 1160. The van der Waals surface area contributed by atoms with E-state index in [4.69, 9.17) is 25.8 Å². The quantitative estimate of drug-likeness (QED) is 0.535. The fourth-order valence-corrected chi connectivity index (χ4v) is 4.00. The van der Waals surface area contributed by atoms with E-state index in [1.807, 2.05) is 0 Å². The minimum absolute atomic E-state index is 0.155. The van der Waals surface area contributed by atoms with Gasteiger partial charge in [-0.2, -0.15) is 0 Å². The van der Waals surface area contributed by atoms with E-state index in [0.717, 1.165) is 0 Å². The predicted molar refractivity (Wildman–Crippen MR) is 127 cm³/mol. The lowest BCUT2D eigenvalue weighted by atomic mass is 9.99. The molecule has 1 heterocycles. The van der Waals surface area contributed by atoms with Crippen LogP contribution in [0.3, 0.4) is 0 Å². The third-order valence-electron chi connectivity index (χ3n) is 5.53. The lowest BCUT2D eigenvalue weighted by molar-refractivity contribution is -0.128. The van der Waals surface area contributed by atoms with Crippen molar-refractivity contribution in [3.63, 3.8) is 0 Å². The normalized spacial score (nSPS) is 16.1. The number of carbonyl (C=O) groups excluding carboxylic acids is 2. The van der Waals surface area contributed by atoms with Gasteiger partial charge in [-0.3, -0.25) is 19.4 Å². The highest BCUT2D eigenvalue weighted by Crippen LogP contribution is 2.39. The molecule has 1 aliphatic rings. The van der Waals surface area contributed by atoms with Crippen molar-refractivity contribution in [3.8, 4) is 17.2 Å². The van der Waals surface area contributed by atoms with Gasteiger partial charge in [-0.1, -0.05) is 23.7 Å². The third kappa shape index (κ3) is 4.32. The molecule has 3 aromatic carbocycles. The Morgan fingerprint density at radius 2 is 1.45 bits per heavy atom. The van der Waals surface area contributed by atoms with Crippen LogP contribution in [0, 0.1) is 0 Å². The van der Waals surface area contributed by atoms with Gasteiger partial charge in [0.25, 0.3) is 5.91 Å². The Hall–Kier alpha value is -3.71. The van der Waals surface area contributed by atoms with Crippen LogP contribution < -0.4 is 24.0 Å². The van der Waals surface area contributed by atoms with Gasteiger partial charge in [0.05, 0.1) is 27.0 Å². The second-order valence-corrected chi connectivity index (χ2v) is 7.81. The van der Waals surface area contributed by atoms with Crippen LogP contribution in [-0.4, -0.2) is 39.7 Å². The zero-order chi connectivity index (χ0) is 23.5. The van der Waals surface area contributed by atoms with Gasteiger partial charge in [0.2, 0.25) is 5.91 Å². The molecule has 0 spiro atoms. The molecule has 1 aliphatic heterocycles. The van der Waals surface area contributed by atoms with Gasteiger partial charge >= 0.3 is 0 Å². The number of ether oxygens (including phenoxy) is 3. The van der Waals surface area contributed by atoms with Gasteiger partial charge < -0.3 is 14.2 Å². The first kappa shape index (κ1) is 22.5. The molecular weight excluding hydrogens is 444 g/mol. The van der Waals surface area contributed by atoms with Crippen molar-refractivity contribution >= 4 is 34.8 Å². The Labute approximate surface area is 197 Å². The van der Waals surface area contributed by atoms with Gasteiger partial charge in [-0.05, 0) is 54.1 Å². The second-order valence-electron chi connectivity index (χ2n) is 7.38. The zero-order valence-electron chi connectivity index (χ0n) is 18.4. The van der Waals surface area contributed by atoms with Crippen LogP contribution in [0.15, 0.2) is 66.7 Å². The number of benzene rings is 3. The fourth-order valence-electron chi connectivity index (χ4n) is 3.88. The smallest absolute Gasteiger partial charge is 0.255 e. The molecule has 1 saturated heterocycles. The molecule has 0 aliphatic carbocycles. The van der Waals surface area contributed by atoms with Gasteiger partial charge in [-0.15, -0.1) is 0 Å². The number of nitrogens with zero attached hydrogens (tertiary/aromatic N) is 2. The van der Waals surface area contributed by atoms with Crippen LogP contribution in [0.1, 0.15) is 11.6 Å². The Morgan fingerprint density at radius 3 is 2.06 bits per heavy atom. The van der Waals surface area contributed by atoms with Crippen molar-refractivity contribution in [2.24, 2.45) is 0 Å². The van der Waals surface area contributed by atoms with E-state index in [9.17, 15) is 9.59 Å². The maximum absolute atomic E-state index is 13.9. The molecule has 7 nitrogen and oxygen atoms in total. The number of hydrogen-bond acceptors (Lipinski definition) is 5. The molecule has 0 unspecified atom stereocenters. The fraction of sp³-hybridized carbons (Fsp3) is 0.200. The molecule has 8 heteroatoms. The molecule has 1 atom stereocenters. The Morgan fingerprint density at radius 1 is 0.818 bits per heavy atom. The van der Waals surface area contributed by atoms with Crippen LogP contribution in [-0.2, 0) is 9.59 Å². The SMILES string of the molecule is COc1ccc([C@@H]2C(=O)N(c3cc(OC)ccc3OC)CC(=O)N2c2ccc(Cl)cc2)cc1. The van der Waals surface area contributed by atoms with Gasteiger partial charge in [0, 0.05) is 16.8 Å². The molecule has 0 N–H and O–H groups in total. The number of halogens is 1. The Balaban J connectivity index is 1.83. The predicted octanol–water partition coefficient (Wildman–Crippen LogP) is 4.49. The number of hydrogen-bond donors (Lipinski definition) is 0. The highest BCUT2D eigenvalue weighted by molar-refractivity contribution is 6.30. The summed E-state index contributed by atoms with van der Waals surface area (Å²) in [5, 5.41) is 0.540. The minimum atomic E-state index is -0.894. The summed E-state index contributed by atoms with van der Waals surface area (Å²) in [5.41, 5.74) is 1.69. The molecule has 1 fully saturated rings. The van der Waals surface area contributed by atoms with E-state index in [1.165, 1.54) is 24.0 Å². The van der Waals surface area contributed by atoms with Crippen molar-refractivity contribution < 1.29 is 23.8 Å². The largest absolute Gasteiger partial charge is 0.497 e. The van der Waals surface area contributed by atoms with Crippen molar-refractivity contribution in [2.75, 3.05) is 37.7 Å². The molecule has 0 bridgehead atoms. The maximum Gasteiger partial charge on any atom is 0.255 e. The molecule has 33 heavy (non-hydrogen) atoms. The topological polar surface area (TPSA) is 68.3 Å². The lowest BCUT2D eigenvalue weighted by Crippen LogP contribution is -2.56. The number of carbonyl (C=O) groups is 2. The van der Waals surface area contributed by atoms with E-state index < -0.39 is 6.04 Å². The summed E-state index contributed by atoms with van der Waals surface area (Å²) in [6, 6.07) is 18.2. The molecule has 0 radical (unpaired) electrons. The minimum Gasteiger partial charge on any atom is -0.497 e. The maximum atomic E-state index is 13.9. The van der Waals surface area contributed by atoms with E-state index in [0.29, 0.717) is 39.2 Å². The monoisotopic (exact) mass is 466 g/mol. The summed E-state index contributed by atoms with van der Waals surface area (Å²) in [5.74, 6) is 1.14. The summed E-state index contributed by atoms with van der Waals surface area (Å²) in [6.45, 7) is -0.155. The van der Waals surface area contributed by atoms with Crippen molar-refractivity contribution in [1.82, 2.24) is 0 Å². The van der Waals surface area contributed by atoms with Crippen molar-refractivity contribution in [1.29, 1.82) is 0 Å².